The van der Waals surface area contributed by atoms with Gasteiger partial charge in [-0.3, -0.25) is 4.90 Å². The van der Waals surface area contributed by atoms with Crippen LogP contribution in [0.4, 0.5) is 0 Å². The Labute approximate surface area is 134 Å². The monoisotopic (exact) mass is 321 g/mol. The van der Waals surface area contributed by atoms with Crippen LogP contribution in [-0.4, -0.2) is 77.0 Å². The minimum absolute atomic E-state index is 0.00677. The zero-order valence-corrected chi connectivity index (χ0v) is 13.3. The molecule has 0 saturated carbocycles. The van der Waals surface area contributed by atoms with Gasteiger partial charge in [-0.2, -0.15) is 5.10 Å². The van der Waals surface area contributed by atoms with Gasteiger partial charge < -0.3 is 14.8 Å². The first-order chi connectivity index (χ1) is 11.2. The van der Waals surface area contributed by atoms with E-state index < -0.39 is 0 Å². The minimum Gasteiger partial charge on any atom is -0.395 e. The molecule has 2 aromatic rings. The maximum absolute atomic E-state index is 9.29. The number of hydrogen-bond donors (Lipinski definition) is 2. The highest BCUT2D eigenvalue weighted by Gasteiger charge is 2.28. The summed E-state index contributed by atoms with van der Waals surface area (Å²) in [5, 5.41) is 31.3. The van der Waals surface area contributed by atoms with E-state index in [0.29, 0.717) is 12.5 Å². The van der Waals surface area contributed by atoms with Gasteiger partial charge in [-0.1, -0.05) is 0 Å². The summed E-state index contributed by atoms with van der Waals surface area (Å²) in [7, 11) is 1.98. The molecule has 0 spiro atoms. The van der Waals surface area contributed by atoms with Crippen molar-refractivity contribution >= 4 is 0 Å². The molecule has 0 aromatic carbocycles. The van der Waals surface area contributed by atoms with Crippen molar-refractivity contribution in [2.45, 2.75) is 31.3 Å². The molecule has 1 aliphatic rings. The Kier molecular flexibility index (Phi) is 4.99. The molecule has 9 nitrogen and oxygen atoms in total. The second-order valence-corrected chi connectivity index (χ2v) is 5.96. The third kappa shape index (κ3) is 3.41. The first-order valence-electron chi connectivity index (χ1n) is 7.89. The summed E-state index contributed by atoms with van der Waals surface area (Å²) in [6.07, 6.45) is 5.07. The molecule has 0 radical (unpaired) electrons. The van der Waals surface area contributed by atoms with Gasteiger partial charge in [0.15, 0.2) is 5.82 Å². The quantitative estimate of drug-likeness (QED) is 0.702. The lowest BCUT2D eigenvalue weighted by Crippen LogP contribution is -2.45. The minimum atomic E-state index is -0.154. The van der Waals surface area contributed by atoms with Gasteiger partial charge in [0.1, 0.15) is 25.0 Å². The molecule has 2 N–H and O–H groups in total. The maximum atomic E-state index is 9.29. The largest absolute Gasteiger partial charge is 0.395 e. The van der Waals surface area contributed by atoms with E-state index in [1.165, 1.54) is 6.33 Å². The van der Waals surface area contributed by atoms with E-state index in [1.54, 1.807) is 11.0 Å². The van der Waals surface area contributed by atoms with E-state index in [2.05, 4.69) is 25.2 Å². The SMILES string of the molecule is Cn1c(Cn2cncn2)nnc1C1CCN(C(CO)CO)CC1. The van der Waals surface area contributed by atoms with E-state index in [0.717, 1.165) is 37.6 Å². The topological polar surface area (TPSA) is 105 Å². The van der Waals surface area contributed by atoms with Crippen LogP contribution in [-0.2, 0) is 13.6 Å². The Balaban J connectivity index is 1.64. The standard InChI is InChI=1S/C14H23N7O2/c1-19-13(6-21-10-15-9-16-21)17-18-14(19)11-2-4-20(5-3-11)12(7-22)8-23/h9-12,22-23H,2-8H2,1H3. The van der Waals surface area contributed by atoms with Gasteiger partial charge in [-0.15, -0.1) is 10.2 Å². The van der Waals surface area contributed by atoms with Crippen LogP contribution in [0.5, 0.6) is 0 Å². The van der Waals surface area contributed by atoms with Gasteiger partial charge >= 0.3 is 0 Å². The molecule has 9 heteroatoms. The molecule has 3 heterocycles. The number of likely N-dealkylation sites (tertiary alicyclic amines) is 1. The number of rotatable bonds is 6. The molecule has 0 unspecified atom stereocenters. The van der Waals surface area contributed by atoms with Gasteiger partial charge in [-0.25, -0.2) is 9.67 Å². The summed E-state index contributed by atoms with van der Waals surface area (Å²) in [5.41, 5.74) is 0. The molecule has 1 saturated heterocycles. The third-order valence-electron chi connectivity index (χ3n) is 4.60. The predicted octanol–water partition coefficient (Wildman–Crippen LogP) is -1.01. The lowest BCUT2D eigenvalue weighted by atomic mass is 9.95. The molecule has 0 amide bonds. The van der Waals surface area contributed by atoms with Crippen LogP contribution >= 0.6 is 0 Å². The second-order valence-electron chi connectivity index (χ2n) is 5.96. The Morgan fingerprint density at radius 2 is 1.96 bits per heavy atom. The van der Waals surface area contributed by atoms with Gasteiger partial charge in [0.2, 0.25) is 0 Å². The molecular weight excluding hydrogens is 298 g/mol. The van der Waals surface area contributed by atoms with Crippen LogP contribution in [0, 0.1) is 0 Å². The van der Waals surface area contributed by atoms with Gasteiger partial charge in [-0.05, 0) is 25.9 Å². The number of aromatic nitrogens is 6. The summed E-state index contributed by atoms with van der Waals surface area (Å²) in [6.45, 7) is 2.24. The molecule has 3 rings (SSSR count). The van der Waals surface area contributed by atoms with Crippen LogP contribution in [0.3, 0.4) is 0 Å². The predicted molar refractivity (Wildman–Crippen MR) is 81.6 cm³/mol. The lowest BCUT2D eigenvalue weighted by molar-refractivity contribution is 0.0561. The van der Waals surface area contributed by atoms with E-state index >= 15 is 0 Å². The fourth-order valence-corrected chi connectivity index (χ4v) is 3.14. The Hall–Kier alpha value is -1.84. The fourth-order valence-electron chi connectivity index (χ4n) is 3.14. The van der Waals surface area contributed by atoms with E-state index in [9.17, 15) is 10.2 Å². The van der Waals surface area contributed by atoms with Crippen molar-refractivity contribution < 1.29 is 10.2 Å². The van der Waals surface area contributed by atoms with Crippen LogP contribution in [0.2, 0.25) is 0 Å². The maximum Gasteiger partial charge on any atom is 0.154 e. The number of piperidine rings is 1. The number of hydrogen-bond acceptors (Lipinski definition) is 7. The smallest absolute Gasteiger partial charge is 0.154 e. The van der Waals surface area contributed by atoms with Gasteiger partial charge in [0.25, 0.3) is 0 Å². The van der Waals surface area contributed by atoms with Crippen LogP contribution in [0.15, 0.2) is 12.7 Å². The molecule has 1 fully saturated rings. The number of aliphatic hydroxyl groups excluding tert-OH is 2. The zero-order chi connectivity index (χ0) is 16.2. The highest BCUT2D eigenvalue weighted by atomic mass is 16.3. The summed E-state index contributed by atoms with van der Waals surface area (Å²) in [6, 6.07) is -0.154. The van der Waals surface area contributed by atoms with Crippen LogP contribution < -0.4 is 0 Å². The zero-order valence-electron chi connectivity index (χ0n) is 13.3. The first kappa shape index (κ1) is 16.0. The summed E-state index contributed by atoms with van der Waals surface area (Å²) in [4.78, 5) is 6.08. The normalized spacial score (nSPS) is 17.2. The van der Waals surface area contributed by atoms with E-state index in [-0.39, 0.29) is 19.3 Å². The highest BCUT2D eigenvalue weighted by Crippen LogP contribution is 2.27. The Morgan fingerprint density at radius 3 is 2.57 bits per heavy atom. The van der Waals surface area contributed by atoms with Crippen LogP contribution in [0.1, 0.15) is 30.4 Å². The average Bonchev–Trinajstić information content (AvgIpc) is 3.21. The number of nitrogens with zero attached hydrogens (tertiary/aromatic N) is 7. The Bertz CT molecular complexity index is 601. The van der Waals surface area contributed by atoms with E-state index in [4.69, 9.17) is 0 Å². The van der Waals surface area contributed by atoms with Crippen molar-refractivity contribution in [3.05, 3.63) is 24.3 Å². The lowest BCUT2D eigenvalue weighted by Gasteiger charge is -2.35. The van der Waals surface area contributed by atoms with Crippen molar-refractivity contribution in [3.63, 3.8) is 0 Å². The fraction of sp³-hybridized carbons (Fsp3) is 0.714. The first-order valence-corrected chi connectivity index (χ1v) is 7.89. The summed E-state index contributed by atoms with van der Waals surface area (Å²) >= 11 is 0. The average molecular weight is 321 g/mol. The third-order valence-corrected chi connectivity index (χ3v) is 4.60. The molecule has 2 aromatic heterocycles. The van der Waals surface area contributed by atoms with Gasteiger partial charge in [0.05, 0.1) is 19.3 Å². The van der Waals surface area contributed by atoms with Crippen LogP contribution in [0.25, 0.3) is 0 Å². The highest BCUT2D eigenvalue weighted by molar-refractivity contribution is 5.04. The molecule has 126 valence electrons. The second kappa shape index (κ2) is 7.16. The Morgan fingerprint density at radius 1 is 1.22 bits per heavy atom. The summed E-state index contributed by atoms with van der Waals surface area (Å²) < 4.78 is 3.76. The molecular formula is C14H23N7O2. The molecule has 1 aliphatic heterocycles. The molecule has 23 heavy (non-hydrogen) atoms. The molecule has 0 bridgehead atoms. The van der Waals surface area contributed by atoms with Crippen molar-refractivity contribution in [3.8, 4) is 0 Å². The number of aliphatic hydroxyl groups is 2. The van der Waals surface area contributed by atoms with Crippen molar-refractivity contribution in [2.75, 3.05) is 26.3 Å². The van der Waals surface area contributed by atoms with E-state index in [1.807, 2.05) is 11.6 Å². The molecule has 0 aliphatic carbocycles. The molecule has 0 atom stereocenters. The van der Waals surface area contributed by atoms with Gasteiger partial charge in [0, 0.05) is 13.0 Å². The summed E-state index contributed by atoms with van der Waals surface area (Å²) in [5.74, 6) is 2.20. The van der Waals surface area contributed by atoms with Crippen molar-refractivity contribution in [2.24, 2.45) is 7.05 Å². The van der Waals surface area contributed by atoms with Crippen molar-refractivity contribution in [1.29, 1.82) is 0 Å². The van der Waals surface area contributed by atoms with Crippen molar-refractivity contribution in [1.82, 2.24) is 34.4 Å².